The summed E-state index contributed by atoms with van der Waals surface area (Å²) in [4.78, 5) is 8.89. The summed E-state index contributed by atoms with van der Waals surface area (Å²) in [5, 5.41) is 3.36. The molecule has 0 radical (unpaired) electrons. The van der Waals surface area contributed by atoms with Gasteiger partial charge in [-0.25, -0.2) is 8.78 Å². The van der Waals surface area contributed by atoms with Crippen LogP contribution >= 0.6 is 24.0 Å². The van der Waals surface area contributed by atoms with Crippen LogP contribution < -0.4 is 10.1 Å². The number of nitrogens with one attached hydrogen (secondary N) is 1. The average Bonchev–Trinajstić information content (AvgIpc) is 2.77. The van der Waals surface area contributed by atoms with Crippen LogP contribution in [0.3, 0.4) is 0 Å². The molecule has 0 atom stereocenters. The van der Waals surface area contributed by atoms with Crippen molar-refractivity contribution in [3.8, 4) is 5.75 Å². The van der Waals surface area contributed by atoms with Crippen LogP contribution in [0.1, 0.15) is 16.7 Å². The van der Waals surface area contributed by atoms with Crippen LogP contribution in [-0.2, 0) is 24.4 Å². The lowest BCUT2D eigenvalue weighted by molar-refractivity contribution is 0.172. The molecule has 0 aliphatic carbocycles. The Labute approximate surface area is 205 Å². The highest BCUT2D eigenvalue weighted by atomic mass is 127. The van der Waals surface area contributed by atoms with Crippen molar-refractivity contribution in [3.63, 3.8) is 0 Å². The number of piperazine rings is 1. The Morgan fingerprint density at radius 2 is 1.72 bits per heavy atom. The third-order valence-electron chi connectivity index (χ3n) is 5.37. The van der Waals surface area contributed by atoms with E-state index >= 15 is 0 Å². The topological polar surface area (TPSA) is 49.3 Å². The molecule has 1 saturated heterocycles. The lowest BCUT2D eigenvalue weighted by atomic mass is 10.1. The fraction of sp³-hybridized carbons (Fsp3) is 0.435. The zero-order chi connectivity index (χ0) is 22.2. The van der Waals surface area contributed by atoms with Crippen LogP contribution in [0.2, 0.25) is 0 Å². The number of guanidine groups is 1. The molecular formula is C23H31F2IN4O2. The highest BCUT2D eigenvalue weighted by Crippen LogP contribution is 2.19. The lowest BCUT2D eigenvalue weighted by Crippen LogP contribution is -2.52. The first-order valence-corrected chi connectivity index (χ1v) is 10.3. The summed E-state index contributed by atoms with van der Waals surface area (Å²) in [6, 6.07) is 10.1. The van der Waals surface area contributed by atoms with Crippen LogP contribution in [0.5, 0.6) is 5.75 Å². The summed E-state index contributed by atoms with van der Waals surface area (Å²) in [7, 11) is 4.78. The Bertz CT molecular complexity index is 906. The summed E-state index contributed by atoms with van der Waals surface area (Å²) in [5.41, 5.74) is 2.44. The predicted octanol–water partition coefficient (Wildman–Crippen LogP) is 3.63. The number of hydrogen-bond acceptors (Lipinski definition) is 4. The molecule has 1 N–H and O–H groups in total. The summed E-state index contributed by atoms with van der Waals surface area (Å²) >= 11 is 0. The smallest absolute Gasteiger partial charge is 0.194 e. The minimum absolute atomic E-state index is 0. The van der Waals surface area contributed by atoms with Crippen molar-refractivity contribution in [2.24, 2.45) is 4.99 Å². The van der Waals surface area contributed by atoms with Gasteiger partial charge in [0.05, 0.1) is 13.7 Å². The van der Waals surface area contributed by atoms with Gasteiger partial charge in [-0.2, -0.15) is 0 Å². The molecular weight excluding hydrogens is 529 g/mol. The largest absolute Gasteiger partial charge is 0.494 e. The van der Waals surface area contributed by atoms with E-state index in [0.29, 0.717) is 18.7 Å². The Hall–Kier alpha value is -1.98. The first-order chi connectivity index (χ1) is 15.0. The normalized spacial score (nSPS) is 14.8. The maximum absolute atomic E-state index is 13.9. The minimum atomic E-state index is -0.335. The van der Waals surface area contributed by atoms with E-state index in [1.807, 2.05) is 12.1 Å². The summed E-state index contributed by atoms with van der Waals surface area (Å²) < 4.78 is 37.8. The second kappa shape index (κ2) is 12.9. The summed E-state index contributed by atoms with van der Waals surface area (Å²) in [6.07, 6.45) is 0. The Morgan fingerprint density at radius 3 is 2.34 bits per heavy atom. The second-order valence-electron chi connectivity index (χ2n) is 7.49. The highest BCUT2D eigenvalue weighted by molar-refractivity contribution is 14.0. The standard InChI is InChI=1S/C23H30F2N4O2.HI/c1-26-23(27-14-17-4-6-20(24)19(12-17)16-30-2)29-10-8-28(9-11-29)15-18-5-7-22(31-3)21(25)13-18;/h4-7,12-13H,8-11,14-16H2,1-3H3,(H,26,27);1H. The number of hydrogen-bond donors (Lipinski definition) is 1. The molecule has 1 aliphatic rings. The predicted molar refractivity (Wildman–Crippen MR) is 133 cm³/mol. The quantitative estimate of drug-likeness (QED) is 0.319. The van der Waals surface area contributed by atoms with Gasteiger partial charge < -0.3 is 19.7 Å². The summed E-state index contributed by atoms with van der Waals surface area (Å²) in [6.45, 7) is 4.82. The molecule has 2 aromatic carbocycles. The fourth-order valence-electron chi connectivity index (χ4n) is 3.70. The van der Waals surface area contributed by atoms with Crippen LogP contribution in [-0.4, -0.2) is 63.2 Å². The molecule has 1 aliphatic heterocycles. The van der Waals surface area contributed by atoms with E-state index in [2.05, 4.69) is 20.1 Å². The molecule has 0 spiro atoms. The van der Waals surface area contributed by atoms with E-state index in [9.17, 15) is 8.78 Å². The number of halogens is 3. The Morgan fingerprint density at radius 1 is 1.00 bits per heavy atom. The molecule has 32 heavy (non-hydrogen) atoms. The molecule has 6 nitrogen and oxygen atoms in total. The minimum Gasteiger partial charge on any atom is -0.494 e. The van der Waals surface area contributed by atoms with Gasteiger partial charge in [0.1, 0.15) is 5.82 Å². The molecule has 3 rings (SSSR count). The van der Waals surface area contributed by atoms with Crippen molar-refractivity contribution in [2.45, 2.75) is 19.7 Å². The number of methoxy groups -OCH3 is 2. The second-order valence-corrected chi connectivity index (χ2v) is 7.49. The van der Waals surface area contributed by atoms with Crippen molar-refractivity contribution in [2.75, 3.05) is 47.4 Å². The maximum atomic E-state index is 13.9. The van der Waals surface area contributed by atoms with E-state index in [0.717, 1.165) is 43.3 Å². The Balaban J connectivity index is 0.00000363. The van der Waals surface area contributed by atoms with Crippen molar-refractivity contribution < 1.29 is 18.3 Å². The van der Waals surface area contributed by atoms with Crippen LogP contribution in [0.25, 0.3) is 0 Å². The number of benzene rings is 2. The fourth-order valence-corrected chi connectivity index (χ4v) is 3.70. The molecule has 0 aromatic heterocycles. The third kappa shape index (κ3) is 7.01. The first-order valence-electron chi connectivity index (χ1n) is 10.3. The van der Waals surface area contributed by atoms with Gasteiger partial charge in [0.15, 0.2) is 17.5 Å². The van der Waals surface area contributed by atoms with Gasteiger partial charge in [0.25, 0.3) is 0 Å². The van der Waals surface area contributed by atoms with E-state index in [4.69, 9.17) is 9.47 Å². The molecule has 1 fully saturated rings. The molecule has 9 heteroatoms. The molecule has 176 valence electrons. The van der Waals surface area contributed by atoms with Gasteiger partial charge in [0, 0.05) is 59.0 Å². The highest BCUT2D eigenvalue weighted by Gasteiger charge is 2.20. The third-order valence-corrected chi connectivity index (χ3v) is 5.37. The van der Waals surface area contributed by atoms with Crippen molar-refractivity contribution in [1.82, 2.24) is 15.1 Å². The van der Waals surface area contributed by atoms with Crippen LogP contribution in [0.4, 0.5) is 8.78 Å². The van der Waals surface area contributed by atoms with E-state index < -0.39 is 0 Å². The zero-order valence-electron chi connectivity index (χ0n) is 18.7. The number of ether oxygens (including phenoxy) is 2. The molecule has 0 bridgehead atoms. The van der Waals surface area contributed by atoms with Crippen molar-refractivity contribution in [3.05, 3.63) is 64.7 Å². The molecule has 0 amide bonds. The van der Waals surface area contributed by atoms with Gasteiger partial charge in [0.2, 0.25) is 0 Å². The average molecular weight is 560 g/mol. The molecule has 2 aromatic rings. The number of aliphatic imine (C=N–C) groups is 1. The van der Waals surface area contributed by atoms with Crippen molar-refractivity contribution >= 4 is 29.9 Å². The SMILES string of the molecule is CN=C(NCc1ccc(F)c(COC)c1)N1CCN(Cc2ccc(OC)c(F)c2)CC1.I. The summed E-state index contributed by atoms with van der Waals surface area (Å²) in [5.74, 6) is 0.479. The molecule has 1 heterocycles. The van der Waals surface area contributed by atoms with Gasteiger partial charge in [-0.3, -0.25) is 9.89 Å². The first kappa shape index (κ1) is 26.3. The van der Waals surface area contributed by atoms with Gasteiger partial charge in [-0.05, 0) is 35.4 Å². The van der Waals surface area contributed by atoms with Gasteiger partial charge in [-0.1, -0.05) is 12.1 Å². The number of rotatable bonds is 7. The zero-order valence-corrected chi connectivity index (χ0v) is 21.1. The monoisotopic (exact) mass is 560 g/mol. The molecule has 0 unspecified atom stereocenters. The lowest BCUT2D eigenvalue weighted by Gasteiger charge is -2.36. The van der Waals surface area contributed by atoms with Gasteiger partial charge >= 0.3 is 0 Å². The number of nitrogens with zero attached hydrogens (tertiary/aromatic N) is 3. The van der Waals surface area contributed by atoms with Crippen molar-refractivity contribution in [1.29, 1.82) is 0 Å². The maximum Gasteiger partial charge on any atom is 0.194 e. The van der Waals surface area contributed by atoms with Gasteiger partial charge in [-0.15, -0.1) is 24.0 Å². The van der Waals surface area contributed by atoms with E-state index in [-0.39, 0.29) is 48.0 Å². The molecule has 0 saturated carbocycles. The van der Waals surface area contributed by atoms with E-state index in [1.54, 1.807) is 26.3 Å². The Kier molecular flexibility index (Phi) is 10.6. The van der Waals surface area contributed by atoms with E-state index in [1.165, 1.54) is 19.2 Å². The van der Waals surface area contributed by atoms with Crippen LogP contribution in [0.15, 0.2) is 41.4 Å². The van der Waals surface area contributed by atoms with Crippen LogP contribution in [0, 0.1) is 11.6 Å².